The van der Waals surface area contributed by atoms with Crippen molar-refractivity contribution in [3.63, 3.8) is 0 Å². The number of thiazole rings is 2. The van der Waals surface area contributed by atoms with Crippen molar-refractivity contribution in [3.8, 4) is 22.3 Å². The molecule has 350 valence electrons. The fraction of sp³-hybridized carbons (Fsp3) is 0.167. The van der Waals surface area contributed by atoms with E-state index in [-0.39, 0.29) is 11.1 Å². The first kappa shape index (κ1) is 48.5. The molecule has 18 nitrogen and oxygen atoms in total. The maximum atomic E-state index is 14.0. The highest BCUT2D eigenvalue weighted by Gasteiger charge is 2.38. The quantitative estimate of drug-likeness (QED) is 0.0775. The van der Waals surface area contributed by atoms with E-state index in [4.69, 9.17) is 20.6 Å². The predicted molar refractivity (Wildman–Crippen MR) is 248 cm³/mol. The summed E-state index contributed by atoms with van der Waals surface area (Å²) in [5.41, 5.74) is 12.5. The fourth-order valence-electron chi connectivity index (χ4n) is 6.55. The minimum atomic E-state index is -5.08. The van der Waals surface area contributed by atoms with E-state index in [1.807, 2.05) is 31.5 Å². The predicted octanol–water partition coefficient (Wildman–Crippen LogP) is 8.35. The van der Waals surface area contributed by atoms with E-state index in [1.54, 1.807) is 48.2 Å². The molecule has 26 heteroatoms. The van der Waals surface area contributed by atoms with Gasteiger partial charge in [0.05, 0.1) is 41.2 Å². The third-order valence-electron chi connectivity index (χ3n) is 9.60. The van der Waals surface area contributed by atoms with E-state index < -0.39 is 35.9 Å². The van der Waals surface area contributed by atoms with Crippen LogP contribution in [-0.2, 0) is 4.79 Å². The van der Waals surface area contributed by atoms with Gasteiger partial charge >= 0.3 is 12.1 Å². The Morgan fingerprint density at radius 3 is 1.72 bits per heavy atom. The number of carbonyl (C=O) groups is 1. The molecule has 0 saturated heterocycles. The molecule has 2 atom stereocenters. The van der Waals surface area contributed by atoms with Gasteiger partial charge in [-0.05, 0) is 79.0 Å². The minimum Gasteiger partial charge on any atom is -0.475 e. The summed E-state index contributed by atoms with van der Waals surface area (Å²) in [6, 6.07) is 11.1. The van der Waals surface area contributed by atoms with Gasteiger partial charge in [0.2, 0.25) is 0 Å². The molecule has 0 saturated carbocycles. The van der Waals surface area contributed by atoms with Crippen LogP contribution in [0.25, 0.3) is 54.5 Å². The number of alkyl halides is 3. The molecule has 8 heterocycles. The molecule has 0 aliphatic rings. The number of hydrogen-bond donors (Lipinski definition) is 5. The molecular weight excluding hydrogens is 1000 g/mol. The number of aromatic amines is 2. The highest BCUT2D eigenvalue weighted by Crippen LogP contribution is 2.30. The smallest absolute Gasteiger partial charge is 0.475 e. The van der Waals surface area contributed by atoms with E-state index in [9.17, 15) is 31.5 Å². The zero-order valence-electron chi connectivity index (χ0n) is 35.5. The number of carboxylic acid groups (broad SMARTS) is 1. The van der Waals surface area contributed by atoms with E-state index in [1.165, 1.54) is 64.0 Å². The highest BCUT2D eigenvalue weighted by molar-refractivity contribution is 9.10. The molecule has 0 aliphatic carbocycles. The molecule has 6 N–H and O–H groups in total. The largest absolute Gasteiger partial charge is 0.490 e. The number of anilines is 1. The van der Waals surface area contributed by atoms with Crippen molar-refractivity contribution in [1.82, 2.24) is 58.6 Å². The van der Waals surface area contributed by atoms with Crippen molar-refractivity contribution >= 4 is 82.6 Å². The lowest BCUT2D eigenvalue weighted by Crippen LogP contribution is -2.23. The standard InChI is InChI=1S/C20H16FN7OS.C15H14FN3OS.C5H3BrN4.C2HF3O2/c1-10-7-30-20-27-15(11(2)26-18-16-17(23-8-22-16)24-9-25-18)14(19(29)28(10)20)12-4-3-5-13(21)6-12;1-8-7-21-15-18-13(9(2)17)12(14(20)19(8)15)10-4-3-5-11(16)6-10;6-4-3-5(9-1-7-3)10-2-8-4;3-2(4,5)1(6)7/h3-9,11H,1-2H3,(H2,22,23,24,25,26);3-7,9H,17H2,1-2H3;1-2H,(H,7,8,9,10);(H,6,7)/t11-;9-;;/m00../s1. The molecular formula is C42H34BrF5N14O4S2. The molecule has 8 aromatic heterocycles. The first-order valence-corrected chi connectivity index (χ1v) is 22.2. The van der Waals surface area contributed by atoms with Gasteiger partial charge in [0.25, 0.3) is 11.1 Å². The summed E-state index contributed by atoms with van der Waals surface area (Å²) in [5.74, 6) is -3.03. The van der Waals surface area contributed by atoms with Crippen molar-refractivity contribution in [3.05, 3.63) is 144 Å². The molecule has 2 aromatic carbocycles. The Labute approximate surface area is 395 Å². The number of imidazole rings is 2. The van der Waals surface area contributed by atoms with Gasteiger partial charge in [-0.3, -0.25) is 18.4 Å². The van der Waals surface area contributed by atoms with Crippen LogP contribution in [0.5, 0.6) is 0 Å². The zero-order valence-corrected chi connectivity index (χ0v) is 38.8. The Bertz CT molecular complexity index is 3570. The van der Waals surface area contributed by atoms with Gasteiger partial charge in [-0.1, -0.05) is 24.3 Å². The maximum absolute atomic E-state index is 14.0. The zero-order chi connectivity index (χ0) is 49.0. The monoisotopic (exact) mass is 1040 g/mol. The molecule has 0 aliphatic heterocycles. The average molecular weight is 1040 g/mol. The molecule has 0 amide bonds. The molecule has 10 aromatic rings. The second-order valence-corrected chi connectivity index (χ2v) is 16.8. The summed E-state index contributed by atoms with van der Waals surface area (Å²) in [4.78, 5) is 75.8. The number of halogens is 6. The lowest BCUT2D eigenvalue weighted by Gasteiger charge is -2.18. The number of fused-ring (bicyclic) bond motifs is 4. The molecule has 0 radical (unpaired) electrons. The van der Waals surface area contributed by atoms with Gasteiger partial charge in [-0.2, -0.15) is 13.2 Å². The number of nitrogens with zero attached hydrogens (tertiary/aromatic N) is 10. The van der Waals surface area contributed by atoms with Crippen LogP contribution in [0.2, 0.25) is 0 Å². The van der Waals surface area contributed by atoms with E-state index in [0.29, 0.717) is 66.2 Å². The summed E-state index contributed by atoms with van der Waals surface area (Å²) in [6.45, 7) is 7.33. The first-order chi connectivity index (χ1) is 32.3. The molecule has 10 rings (SSSR count). The van der Waals surface area contributed by atoms with E-state index in [2.05, 4.69) is 66.1 Å². The van der Waals surface area contributed by atoms with Gasteiger partial charge in [-0.15, -0.1) is 22.7 Å². The third kappa shape index (κ3) is 10.4. The Morgan fingerprint density at radius 1 is 0.765 bits per heavy atom. The number of hydrogen-bond acceptors (Lipinski definition) is 15. The lowest BCUT2D eigenvalue weighted by molar-refractivity contribution is -0.192. The van der Waals surface area contributed by atoms with Crippen LogP contribution >= 0.6 is 38.6 Å². The lowest BCUT2D eigenvalue weighted by atomic mass is 10.0. The summed E-state index contributed by atoms with van der Waals surface area (Å²) in [6.07, 6.45) is 0.926. The van der Waals surface area contributed by atoms with Crippen molar-refractivity contribution < 1.29 is 31.9 Å². The number of nitrogens with one attached hydrogen (secondary N) is 3. The number of aliphatic carboxylic acids is 1. The normalized spacial score (nSPS) is 12.2. The van der Waals surface area contributed by atoms with E-state index >= 15 is 0 Å². The van der Waals surface area contributed by atoms with Gasteiger partial charge < -0.3 is 26.1 Å². The number of carboxylic acids is 1. The second kappa shape index (κ2) is 20.2. The molecule has 0 fully saturated rings. The topological polar surface area (TPSA) is 253 Å². The molecule has 0 unspecified atom stereocenters. The van der Waals surface area contributed by atoms with Crippen molar-refractivity contribution in [2.75, 3.05) is 5.32 Å². The number of nitrogens with two attached hydrogens (primary N) is 1. The first-order valence-electron chi connectivity index (χ1n) is 19.6. The number of benzene rings is 2. The summed E-state index contributed by atoms with van der Waals surface area (Å²) < 4.78 is 63.0. The number of aromatic nitrogens is 12. The summed E-state index contributed by atoms with van der Waals surface area (Å²) >= 11 is 6.03. The van der Waals surface area contributed by atoms with E-state index in [0.717, 1.165) is 21.5 Å². The SMILES string of the molecule is Brc1ncnc2nc[nH]c12.Cc1csc2nc([C@H](C)N)c(-c3cccc(F)c3)c(=O)n12.Cc1csc2nc([C@H](C)Nc3ncnc4nc[nH]c34)c(-c3cccc(F)c3)c(=O)n12.O=C(O)C(F)(F)F. The molecule has 0 bridgehead atoms. The fourth-order valence-corrected chi connectivity index (χ4v) is 8.67. The van der Waals surface area contributed by atoms with Crippen molar-refractivity contribution in [1.29, 1.82) is 0 Å². The van der Waals surface area contributed by atoms with Crippen molar-refractivity contribution in [2.45, 2.75) is 46.0 Å². The third-order valence-corrected chi connectivity index (χ3v) is 12.1. The average Bonchev–Trinajstić information content (AvgIpc) is 4.12. The highest BCUT2D eigenvalue weighted by atomic mass is 79.9. The number of rotatable bonds is 6. The molecule has 0 spiro atoms. The van der Waals surface area contributed by atoms with Gasteiger partial charge in [0.15, 0.2) is 27.0 Å². The Morgan fingerprint density at radius 2 is 1.24 bits per heavy atom. The second-order valence-electron chi connectivity index (χ2n) is 14.4. The summed E-state index contributed by atoms with van der Waals surface area (Å²) in [5, 5.41) is 14.2. The maximum Gasteiger partial charge on any atom is 0.490 e. The van der Waals surface area contributed by atoms with Gasteiger partial charge in [0, 0.05) is 28.2 Å². The van der Waals surface area contributed by atoms with Crippen molar-refractivity contribution in [2.24, 2.45) is 5.73 Å². The van der Waals surface area contributed by atoms with Crippen LogP contribution in [0.3, 0.4) is 0 Å². The van der Waals surface area contributed by atoms with Crippen LogP contribution in [0, 0.1) is 25.5 Å². The van der Waals surface area contributed by atoms with Crippen LogP contribution in [0.15, 0.2) is 98.8 Å². The molecule has 68 heavy (non-hydrogen) atoms. The number of H-pyrrole nitrogens is 2. The summed E-state index contributed by atoms with van der Waals surface area (Å²) in [7, 11) is 0. The van der Waals surface area contributed by atoms with Crippen LogP contribution in [-0.4, -0.2) is 75.9 Å². The minimum absolute atomic E-state index is 0.211. The van der Waals surface area contributed by atoms with Gasteiger partial charge in [0.1, 0.15) is 39.9 Å². The van der Waals surface area contributed by atoms with Crippen LogP contribution in [0.1, 0.15) is 48.7 Å². The Hall–Kier alpha value is -7.42. The van der Waals surface area contributed by atoms with Gasteiger partial charge in [-0.25, -0.2) is 53.4 Å². The Balaban J connectivity index is 0.000000155. The Kier molecular flexibility index (Phi) is 14.4. The van der Waals surface area contributed by atoms with Crippen LogP contribution in [0.4, 0.5) is 27.8 Å². The number of aryl methyl sites for hydroxylation is 2. The van der Waals surface area contributed by atoms with Crippen LogP contribution < -0.4 is 22.2 Å².